The van der Waals surface area contributed by atoms with E-state index in [9.17, 15) is 14.0 Å². The molecule has 5 rings (SSSR count). The second kappa shape index (κ2) is 9.95. The van der Waals surface area contributed by atoms with E-state index in [1.54, 1.807) is 36.5 Å². The molecule has 1 saturated heterocycles. The van der Waals surface area contributed by atoms with Gasteiger partial charge in [-0.2, -0.15) is 5.10 Å². The highest BCUT2D eigenvalue weighted by atomic mass is 19.1. The van der Waals surface area contributed by atoms with Gasteiger partial charge in [0.1, 0.15) is 17.7 Å². The average Bonchev–Trinajstić information content (AvgIpc) is 3.54. The molecule has 0 aliphatic carbocycles. The van der Waals surface area contributed by atoms with Crippen LogP contribution in [0.2, 0.25) is 0 Å². The highest BCUT2D eigenvalue weighted by molar-refractivity contribution is 6.01. The molecule has 0 spiro atoms. The van der Waals surface area contributed by atoms with Gasteiger partial charge >= 0.3 is 6.09 Å². The van der Waals surface area contributed by atoms with Crippen LogP contribution in [-0.2, 0) is 11.2 Å². The molecule has 2 aromatic carbocycles. The Morgan fingerprint density at radius 3 is 2.67 bits per heavy atom. The zero-order valence-electron chi connectivity index (χ0n) is 18.9. The van der Waals surface area contributed by atoms with E-state index in [1.807, 2.05) is 6.07 Å². The molecule has 2 amide bonds. The third-order valence-corrected chi connectivity index (χ3v) is 5.87. The van der Waals surface area contributed by atoms with Gasteiger partial charge in [0.25, 0.3) is 5.91 Å². The summed E-state index contributed by atoms with van der Waals surface area (Å²) in [5.41, 5.74) is 2.20. The second-order valence-corrected chi connectivity index (χ2v) is 8.27. The fourth-order valence-electron chi connectivity index (χ4n) is 4.10. The molecule has 3 heterocycles. The monoisotopic (exact) mass is 489 g/mol. The largest absolute Gasteiger partial charge is 0.442 e. The molecule has 3 N–H and O–H groups in total. The van der Waals surface area contributed by atoms with Crippen LogP contribution >= 0.6 is 0 Å². The van der Waals surface area contributed by atoms with E-state index in [-0.39, 0.29) is 29.2 Å². The van der Waals surface area contributed by atoms with Crippen molar-refractivity contribution in [2.45, 2.75) is 18.6 Å². The van der Waals surface area contributed by atoms with Crippen molar-refractivity contribution in [1.82, 2.24) is 25.8 Å². The Morgan fingerprint density at radius 2 is 1.94 bits per heavy atom. The van der Waals surface area contributed by atoms with Crippen molar-refractivity contribution in [1.29, 1.82) is 0 Å². The molecule has 2 aromatic heterocycles. The molecule has 1 aliphatic heterocycles. The lowest BCUT2D eigenvalue weighted by Gasteiger charge is -2.23. The summed E-state index contributed by atoms with van der Waals surface area (Å²) in [4.78, 5) is 29.4. The van der Waals surface area contributed by atoms with Crippen molar-refractivity contribution in [3.63, 3.8) is 0 Å². The number of carbonyl (C=O) groups excluding carboxylic acids is 2. The Hall–Kier alpha value is -4.60. The van der Waals surface area contributed by atoms with E-state index in [4.69, 9.17) is 4.74 Å². The molecule has 0 saturated carbocycles. The van der Waals surface area contributed by atoms with Crippen LogP contribution in [0, 0.1) is 11.6 Å². The number of hydrogen-bond donors (Lipinski definition) is 3. The fourth-order valence-corrected chi connectivity index (χ4v) is 4.10. The van der Waals surface area contributed by atoms with E-state index < -0.39 is 30.0 Å². The summed E-state index contributed by atoms with van der Waals surface area (Å²) in [6.07, 6.45) is 0.736. The molecule has 36 heavy (non-hydrogen) atoms. The SMILES string of the molecule is O=C1NC[C@H]([C@@H](Cc2ccccn2)NC(=O)c2cccc(F)c2-c2cc(-c3ccc(F)cc3)n[nH]2)O1. The van der Waals surface area contributed by atoms with E-state index >= 15 is 4.39 Å². The summed E-state index contributed by atoms with van der Waals surface area (Å²) < 4.78 is 33.6. The zero-order chi connectivity index (χ0) is 25.1. The van der Waals surface area contributed by atoms with E-state index in [2.05, 4.69) is 25.8 Å². The average molecular weight is 489 g/mol. The Balaban J connectivity index is 1.44. The van der Waals surface area contributed by atoms with Crippen LogP contribution in [0.15, 0.2) is 72.9 Å². The minimum absolute atomic E-state index is 0.0361. The molecule has 0 radical (unpaired) electrons. The van der Waals surface area contributed by atoms with Gasteiger partial charge in [0.05, 0.1) is 29.5 Å². The molecule has 8 nitrogen and oxygen atoms in total. The minimum atomic E-state index is -0.627. The number of pyridine rings is 1. The first-order chi connectivity index (χ1) is 17.5. The van der Waals surface area contributed by atoms with E-state index in [0.717, 1.165) is 0 Å². The number of aromatic amines is 1. The van der Waals surface area contributed by atoms with Gasteiger partial charge in [0.2, 0.25) is 0 Å². The van der Waals surface area contributed by atoms with Crippen molar-refractivity contribution in [2.24, 2.45) is 0 Å². The Kier molecular flexibility index (Phi) is 6.40. The third-order valence-electron chi connectivity index (χ3n) is 5.87. The third kappa shape index (κ3) is 4.92. The minimum Gasteiger partial charge on any atom is -0.442 e. The van der Waals surface area contributed by atoms with Crippen molar-refractivity contribution in [2.75, 3.05) is 6.54 Å². The highest BCUT2D eigenvalue weighted by Crippen LogP contribution is 2.29. The maximum Gasteiger partial charge on any atom is 0.407 e. The van der Waals surface area contributed by atoms with Crippen molar-refractivity contribution < 1.29 is 23.1 Å². The van der Waals surface area contributed by atoms with Gasteiger partial charge in [0, 0.05) is 29.4 Å². The summed E-state index contributed by atoms with van der Waals surface area (Å²) in [6.45, 7) is 0.216. The van der Waals surface area contributed by atoms with Crippen LogP contribution in [0.1, 0.15) is 16.1 Å². The quantitative estimate of drug-likeness (QED) is 0.365. The second-order valence-electron chi connectivity index (χ2n) is 8.27. The lowest BCUT2D eigenvalue weighted by Crippen LogP contribution is -2.46. The fraction of sp³-hybridized carbons (Fsp3) is 0.154. The number of ether oxygens (including phenoxy) is 1. The van der Waals surface area contributed by atoms with Crippen molar-refractivity contribution >= 4 is 12.0 Å². The predicted molar refractivity (Wildman–Crippen MR) is 127 cm³/mol. The van der Waals surface area contributed by atoms with Gasteiger partial charge in [-0.1, -0.05) is 12.1 Å². The van der Waals surface area contributed by atoms with Crippen LogP contribution < -0.4 is 10.6 Å². The normalized spacial score (nSPS) is 15.7. The summed E-state index contributed by atoms with van der Waals surface area (Å²) >= 11 is 0. The summed E-state index contributed by atoms with van der Waals surface area (Å²) in [7, 11) is 0. The van der Waals surface area contributed by atoms with Gasteiger partial charge < -0.3 is 15.4 Å². The molecule has 2 atom stereocenters. The molecule has 182 valence electrons. The number of nitrogens with zero attached hydrogens (tertiary/aromatic N) is 2. The van der Waals surface area contributed by atoms with Gasteiger partial charge in [-0.3, -0.25) is 14.9 Å². The van der Waals surface area contributed by atoms with Crippen LogP contribution in [0.3, 0.4) is 0 Å². The molecule has 1 fully saturated rings. The number of aromatic nitrogens is 3. The Labute approximate surface area is 204 Å². The number of alkyl carbamates (subject to hydrolysis) is 1. The molecular formula is C26H21F2N5O3. The Morgan fingerprint density at radius 1 is 1.11 bits per heavy atom. The standard InChI is InChI=1S/C26H21F2N5O3/c27-16-9-7-15(8-10-16)20-13-22(33-32-20)24-18(5-3-6-19(24)28)25(34)31-21(23-14-30-26(35)36-23)12-17-4-1-2-11-29-17/h1-11,13,21,23H,12,14H2,(H,30,35)(H,31,34)(H,32,33)/t21-,23-/m1/s1. The van der Waals surface area contributed by atoms with Gasteiger partial charge in [-0.25, -0.2) is 13.6 Å². The maximum absolute atomic E-state index is 15.0. The predicted octanol–water partition coefficient (Wildman–Crippen LogP) is 3.87. The topological polar surface area (TPSA) is 109 Å². The van der Waals surface area contributed by atoms with Crippen LogP contribution in [0.5, 0.6) is 0 Å². The first kappa shape index (κ1) is 23.2. The van der Waals surface area contributed by atoms with E-state index in [1.165, 1.54) is 30.3 Å². The van der Waals surface area contributed by atoms with Crippen LogP contribution in [-0.4, -0.2) is 45.9 Å². The molecule has 4 aromatic rings. The number of benzene rings is 2. The van der Waals surface area contributed by atoms with Crippen LogP contribution in [0.25, 0.3) is 22.5 Å². The first-order valence-corrected chi connectivity index (χ1v) is 11.2. The number of hydrogen-bond acceptors (Lipinski definition) is 5. The number of nitrogens with one attached hydrogen (secondary N) is 3. The molecule has 0 bridgehead atoms. The number of H-pyrrole nitrogens is 1. The molecular weight excluding hydrogens is 468 g/mol. The number of halogens is 2. The number of rotatable bonds is 7. The lowest BCUT2D eigenvalue weighted by molar-refractivity contribution is 0.0839. The van der Waals surface area contributed by atoms with Crippen molar-refractivity contribution in [3.05, 3.63) is 95.8 Å². The Bertz CT molecular complexity index is 1390. The molecule has 0 unspecified atom stereocenters. The summed E-state index contributed by atoms with van der Waals surface area (Å²) in [6, 6.07) is 16.3. The summed E-state index contributed by atoms with van der Waals surface area (Å²) in [5, 5.41) is 12.4. The summed E-state index contributed by atoms with van der Waals surface area (Å²) in [5.74, 6) is -1.55. The van der Waals surface area contributed by atoms with Gasteiger partial charge in [-0.05, 0) is 54.6 Å². The smallest absolute Gasteiger partial charge is 0.407 e. The lowest BCUT2D eigenvalue weighted by atomic mass is 10.00. The first-order valence-electron chi connectivity index (χ1n) is 11.2. The van der Waals surface area contributed by atoms with E-state index in [0.29, 0.717) is 23.4 Å². The highest BCUT2D eigenvalue weighted by Gasteiger charge is 2.33. The van der Waals surface area contributed by atoms with Gasteiger partial charge in [0.15, 0.2) is 0 Å². The molecule has 1 aliphatic rings. The zero-order valence-corrected chi connectivity index (χ0v) is 18.9. The number of cyclic esters (lactones) is 1. The van der Waals surface area contributed by atoms with Crippen molar-refractivity contribution in [3.8, 4) is 22.5 Å². The van der Waals surface area contributed by atoms with Gasteiger partial charge in [-0.15, -0.1) is 0 Å². The number of carbonyl (C=O) groups is 2. The molecule has 10 heteroatoms. The van der Waals surface area contributed by atoms with Crippen LogP contribution in [0.4, 0.5) is 13.6 Å². The number of amides is 2. The maximum atomic E-state index is 15.0.